The molecule has 3 heterocycles. The Kier molecular flexibility index (Phi) is 8.56. The van der Waals surface area contributed by atoms with Gasteiger partial charge in [-0.25, -0.2) is 15.0 Å². The van der Waals surface area contributed by atoms with Crippen LogP contribution < -0.4 is 0 Å². The van der Waals surface area contributed by atoms with Crippen LogP contribution >= 0.6 is 0 Å². The van der Waals surface area contributed by atoms with E-state index in [1.165, 1.54) is 5.56 Å². The molecule has 0 aliphatic carbocycles. The second-order valence-corrected chi connectivity index (χ2v) is 15.7. The Bertz CT molecular complexity index is 3690. The van der Waals surface area contributed by atoms with Crippen LogP contribution in [0.4, 0.5) is 0 Å². The summed E-state index contributed by atoms with van der Waals surface area (Å²) in [4.78, 5) is 16.0. The highest BCUT2D eigenvalue weighted by molar-refractivity contribution is 6.11. The molecule has 11 aromatic rings. The van der Waals surface area contributed by atoms with E-state index >= 15 is 0 Å². The maximum absolute atomic E-state index is 10.3. The predicted molar refractivity (Wildman–Crippen MR) is 249 cm³/mol. The van der Waals surface area contributed by atoms with Crippen LogP contribution in [0.1, 0.15) is 22.3 Å². The lowest BCUT2D eigenvalue weighted by atomic mass is 9.99. The minimum absolute atomic E-state index is 0.465. The number of nitrogens with zero attached hydrogens (tertiary/aromatic N) is 7. The van der Waals surface area contributed by atoms with E-state index in [2.05, 4.69) is 132 Å². The average Bonchev–Trinajstić information content (AvgIpc) is 3.83. The molecule has 7 nitrogen and oxygen atoms in total. The van der Waals surface area contributed by atoms with Gasteiger partial charge in [-0.15, -0.1) is 0 Å². The average molecular weight is 794 g/mol. The third kappa shape index (κ3) is 6.00. The van der Waals surface area contributed by atoms with Crippen LogP contribution in [0.25, 0.3) is 100 Å². The van der Waals surface area contributed by atoms with Crippen molar-refractivity contribution in [3.8, 4) is 68.8 Å². The van der Waals surface area contributed by atoms with Crippen molar-refractivity contribution in [3.63, 3.8) is 0 Å². The van der Waals surface area contributed by atoms with Gasteiger partial charge in [-0.3, -0.25) is 0 Å². The largest absolute Gasteiger partial charge is 0.309 e. The molecule has 0 spiro atoms. The molecular formula is C55H35N7. The summed E-state index contributed by atoms with van der Waals surface area (Å²) in [6, 6.07) is 64.3. The van der Waals surface area contributed by atoms with Gasteiger partial charge in [0.2, 0.25) is 0 Å². The lowest BCUT2D eigenvalue weighted by Gasteiger charge is -2.17. The van der Waals surface area contributed by atoms with E-state index in [1.54, 1.807) is 0 Å². The number of benzene rings is 8. The van der Waals surface area contributed by atoms with E-state index < -0.39 is 0 Å². The van der Waals surface area contributed by atoms with Crippen molar-refractivity contribution < 1.29 is 0 Å². The first-order chi connectivity index (χ1) is 30.4. The lowest BCUT2D eigenvalue weighted by molar-refractivity contribution is 1.06. The summed E-state index contributed by atoms with van der Waals surface area (Å²) < 4.78 is 4.52. The summed E-state index contributed by atoms with van der Waals surface area (Å²) in [5, 5.41) is 24.7. The molecule has 0 saturated heterocycles. The normalized spacial score (nSPS) is 11.4. The van der Waals surface area contributed by atoms with Crippen molar-refractivity contribution in [1.82, 2.24) is 24.1 Å². The topological polar surface area (TPSA) is 96.1 Å². The Morgan fingerprint density at radius 3 is 1.56 bits per heavy atom. The molecule has 0 aliphatic heterocycles. The van der Waals surface area contributed by atoms with E-state index in [0.29, 0.717) is 28.6 Å². The summed E-state index contributed by atoms with van der Waals surface area (Å²) in [7, 11) is 0. The van der Waals surface area contributed by atoms with Gasteiger partial charge in [0.05, 0.1) is 56.7 Å². The van der Waals surface area contributed by atoms with E-state index in [1.807, 2.05) is 78.9 Å². The van der Waals surface area contributed by atoms with Crippen molar-refractivity contribution in [2.24, 2.45) is 0 Å². The maximum atomic E-state index is 10.3. The monoisotopic (exact) mass is 793 g/mol. The fourth-order valence-corrected chi connectivity index (χ4v) is 8.86. The van der Waals surface area contributed by atoms with Crippen LogP contribution in [0.3, 0.4) is 0 Å². The third-order valence-corrected chi connectivity index (χ3v) is 11.7. The van der Waals surface area contributed by atoms with Crippen LogP contribution in [0, 0.1) is 36.5 Å². The quantitative estimate of drug-likeness (QED) is 0.167. The van der Waals surface area contributed by atoms with E-state index in [-0.39, 0.29) is 0 Å². The van der Waals surface area contributed by atoms with Gasteiger partial charge < -0.3 is 9.13 Å². The molecule has 0 saturated carbocycles. The number of hydrogen-bond acceptors (Lipinski definition) is 5. The smallest absolute Gasteiger partial charge is 0.166 e. The first-order valence-electron chi connectivity index (χ1n) is 20.5. The Balaban J connectivity index is 1.24. The second-order valence-electron chi connectivity index (χ2n) is 15.7. The molecule has 11 rings (SSSR count). The highest BCUT2D eigenvalue weighted by atomic mass is 15.1. The molecule has 62 heavy (non-hydrogen) atoms. The molecule has 0 N–H and O–H groups in total. The van der Waals surface area contributed by atoms with E-state index in [9.17, 15) is 10.5 Å². The van der Waals surface area contributed by atoms with E-state index in [0.717, 1.165) is 88.4 Å². The molecule has 0 unspecified atom stereocenters. The molecule has 8 aromatic carbocycles. The number of aryl methyl sites for hydroxylation is 2. The number of fused-ring (bicyclic) bond motifs is 6. The molecule has 0 amide bonds. The van der Waals surface area contributed by atoms with Gasteiger partial charge in [0.1, 0.15) is 0 Å². The maximum Gasteiger partial charge on any atom is 0.166 e. The van der Waals surface area contributed by atoms with Gasteiger partial charge in [-0.1, -0.05) is 108 Å². The molecule has 290 valence electrons. The Morgan fingerprint density at radius 1 is 0.371 bits per heavy atom. The molecule has 0 atom stereocenters. The van der Waals surface area contributed by atoms with Gasteiger partial charge in [0, 0.05) is 38.2 Å². The molecule has 0 aliphatic rings. The SMILES string of the molecule is Cc1ccc2c(c1)c1ccccc1n2-c1ccc(-c2cccc(C#N)c2)cc1-c1nc(-c2ccccc2)nc(-c2ccc(C#N)cc2-n2c3ccccc3c3cc(C)ccc32)n1. The Hall–Kier alpha value is -8.65. The summed E-state index contributed by atoms with van der Waals surface area (Å²) in [6.07, 6.45) is 0. The number of aromatic nitrogens is 5. The first-order valence-corrected chi connectivity index (χ1v) is 20.5. The van der Waals surface area contributed by atoms with Gasteiger partial charge in [0.25, 0.3) is 0 Å². The van der Waals surface area contributed by atoms with Crippen molar-refractivity contribution in [2.75, 3.05) is 0 Å². The van der Waals surface area contributed by atoms with Gasteiger partial charge >= 0.3 is 0 Å². The van der Waals surface area contributed by atoms with Crippen LogP contribution in [0.2, 0.25) is 0 Å². The number of rotatable bonds is 6. The van der Waals surface area contributed by atoms with Crippen LogP contribution in [0.5, 0.6) is 0 Å². The number of nitriles is 2. The highest BCUT2D eigenvalue weighted by Crippen LogP contribution is 2.40. The second kappa shape index (κ2) is 14.6. The zero-order valence-corrected chi connectivity index (χ0v) is 33.9. The van der Waals surface area contributed by atoms with Crippen molar-refractivity contribution >= 4 is 43.6 Å². The van der Waals surface area contributed by atoms with Crippen LogP contribution in [-0.4, -0.2) is 24.1 Å². The summed E-state index contributed by atoms with van der Waals surface area (Å²) in [5.74, 6) is 1.46. The minimum atomic E-state index is 0.465. The molecular weight excluding hydrogens is 759 g/mol. The van der Waals surface area contributed by atoms with E-state index in [4.69, 9.17) is 15.0 Å². The number of hydrogen-bond donors (Lipinski definition) is 0. The summed E-state index contributed by atoms with van der Waals surface area (Å²) in [5.41, 5.74) is 13.5. The van der Waals surface area contributed by atoms with Crippen molar-refractivity contribution in [3.05, 3.63) is 198 Å². The van der Waals surface area contributed by atoms with Gasteiger partial charge in [-0.05, 0) is 104 Å². The van der Waals surface area contributed by atoms with Gasteiger partial charge in [0.15, 0.2) is 17.5 Å². The molecule has 0 bridgehead atoms. The van der Waals surface area contributed by atoms with Crippen molar-refractivity contribution in [1.29, 1.82) is 10.5 Å². The van der Waals surface area contributed by atoms with Crippen LogP contribution in [0.15, 0.2) is 176 Å². The van der Waals surface area contributed by atoms with Crippen LogP contribution in [-0.2, 0) is 0 Å². The summed E-state index contributed by atoms with van der Waals surface area (Å²) >= 11 is 0. The lowest BCUT2D eigenvalue weighted by Crippen LogP contribution is -2.06. The first kappa shape index (κ1) is 36.4. The Morgan fingerprint density at radius 2 is 0.903 bits per heavy atom. The molecule has 7 heteroatoms. The molecule has 0 radical (unpaired) electrons. The number of para-hydroxylation sites is 2. The molecule has 3 aromatic heterocycles. The van der Waals surface area contributed by atoms with Gasteiger partial charge in [-0.2, -0.15) is 10.5 Å². The fraction of sp³-hybridized carbons (Fsp3) is 0.0364. The predicted octanol–water partition coefficient (Wildman–Crippen LogP) is 13.1. The fourth-order valence-electron chi connectivity index (χ4n) is 8.86. The zero-order valence-electron chi connectivity index (χ0n) is 33.9. The molecule has 0 fully saturated rings. The Labute approximate surface area is 357 Å². The zero-order chi connectivity index (χ0) is 41.9. The third-order valence-electron chi connectivity index (χ3n) is 11.7. The van der Waals surface area contributed by atoms with Crippen molar-refractivity contribution in [2.45, 2.75) is 13.8 Å². The standard InChI is InChI=1S/C55H35N7/c1-34-19-24-49-44(27-34)41-15-6-8-17-47(41)61(49)51-26-22-40(39-14-10-11-36(29-39)32-56)31-46(51)55-59-53(38-12-4-3-5-13-38)58-54(60-55)43-23-21-37(33-57)30-52(43)62-48-18-9-7-16-42(48)45-28-35(2)20-25-50(45)62/h3-31H,1-2H3. The minimum Gasteiger partial charge on any atom is -0.309 e. The highest BCUT2D eigenvalue weighted by Gasteiger charge is 2.23. The summed E-state index contributed by atoms with van der Waals surface area (Å²) in [6.45, 7) is 4.23.